The van der Waals surface area contributed by atoms with Gasteiger partial charge in [0.25, 0.3) is 0 Å². The number of hydrogen-bond acceptors (Lipinski definition) is 5. The Morgan fingerprint density at radius 1 is 1.53 bits per heavy atom. The molecule has 2 aliphatic rings. The van der Waals surface area contributed by atoms with E-state index in [9.17, 15) is 9.59 Å². The van der Waals surface area contributed by atoms with Crippen LogP contribution in [0.15, 0.2) is 0 Å². The Labute approximate surface area is 105 Å². The minimum atomic E-state index is -0.478. The van der Waals surface area contributed by atoms with Gasteiger partial charge in [-0.2, -0.15) is 0 Å². The van der Waals surface area contributed by atoms with Gasteiger partial charge in [0, 0.05) is 5.75 Å². The van der Waals surface area contributed by atoms with Gasteiger partial charge < -0.3 is 15.4 Å². The van der Waals surface area contributed by atoms with Gasteiger partial charge in [0.2, 0.25) is 5.91 Å². The van der Waals surface area contributed by atoms with Crippen LogP contribution in [0.3, 0.4) is 0 Å². The Morgan fingerprint density at radius 2 is 2.24 bits per heavy atom. The number of rotatable bonds is 1. The van der Waals surface area contributed by atoms with Crippen molar-refractivity contribution >= 4 is 23.6 Å². The fraction of sp³-hybridized carbons (Fsp3) is 0.818. The van der Waals surface area contributed by atoms with Crippen molar-refractivity contribution in [2.45, 2.75) is 37.2 Å². The molecule has 17 heavy (non-hydrogen) atoms. The van der Waals surface area contributed by atoms with Gasteiger partial charge >= 0.3 is 5.97 Å². The van der Waals surface area contributed by atoms with E-state index in [1.165, 1.54) is 7.11 Å². The topological polar surface area (TPSA) is 72.6 Å². The normalized spacial score (nSPS) is 37.6. The monoisotopic (exact) mass is 258 g/mol. The largest absolute Gasteiger partial charge is 0.467 e. The quantitative estimate of drug-likeness (QED) is 0.680. The number of hydrogen-bond donors (Lipinski definition) is 1. The molecule has 2 fully saturated rings. The van der Waals surface area contributed by atoms with E-state index in [2.05, 4.69) is 6.92 Å². The van der Waals surface area contributed by atoms with Gasteiger partial charge in [0.05, 0.1) is 18.5 Å². The fourth-order valence-corrected chi connectivity index (χ4v) is 4.01. The maximum absolute atomic E-state index is 12.2. The summed E-state index contributed by atoms with van der Waals surface area (Å²) in [7, 11) is 1.35. The van der Waals surface area contributed by atoms with E-state index in [4.69, 9.17) is 10.5 Å². The molecule has 96 valence electrons. The van der Waals surface area contributed by atoms with Crippen molar-refractivity contribution < 1.29 is 14.3 Å². The number of carbonyl (C=O) groups is 2. The van der Waals surface area contributed by atoms with Gasteiger partial charge in [-0.05, 0) is 18.8 Å². The van der Waals surface area contributed by atoms with Crippen molar-refractivity contribution in [2.24, 2.45) is 11.7 Å². The lowest BCUT2D eigenvalue weighted by atomic mass is 10.0. The number of carbonyl (C=O) groups excluding carboxylic acids is 2. The first-order valence-electron chi connectivity index (χ1n) is 5.83. The standard InChI is InChI=1S/C11H18N2O3S/c1-6-3-4-7(12)9(14)13-8(11(15)16-2)5-17-10(6)13/h6-8,10H,3-5,12H2,1-2H3/t6-,7?,8?,10?/m0/s1. The number of fused-ring (bicyclic) bond motifs is 1. The Morgan fingerprint density at radius 3 is 2.88 bits per heavy atom. The van der Waals surface area contributed by atoms with E-state index in [1.807, 2.05) is 0 Å². The third-order valence-electron chi connectivity index (χ3n) is 3.50. The van der Waals surface area contributed by atoms with Crippen LogP contribution in [0.4, 0.5) is 0 Å². The molecule has 5 nitrogen and oxygen atoms in total. The summed E-state index contributed by atoms with van der Waals surface area (Å²) >= 11 is 1.65. The molecule has 2 saturated heterocycles. The van der Waals surface area contributed by atoms with Crippen molar-refractivity contribution in [3.8, 4) is 0 Å². The number of ether oxygens (including phenoxy) is 1. The summed E-state index contributed by atoms with van der Waals surface area (Å²) in [6.07, 6.45) is 1.62. The lowest BCUT2D eigenvalue weighted by molar-refractivity contribution is -0.152. The lowest BCUT2D eigenvalue weighted by Crippen LogP contribution is -2.51. The molecule has 1 amide bonds. The van der Waals surface area contributed by atoms with Crippen molar-refractivity contribution in [1.29, 1.82) is 0 Å². The molecule has 0 bridgehead atoms. The van der Waals surface area contributed by atoms with Crippen LogP contribution in [0.1, 0.15) is 19.8 Å². The molecule has 0 aromatic heterocycles. The highest BCUT2D eigenvalue weighted by molar-refractivity contribution is 8.00. The van der Waals surface area contributed by atoms with Gasteiger partial charge in [-0.25, -0.2) is 4.79 Å². The zero-order valence-electron chi connectivity index (χ0n) is 10.1. The summed E-state index contributed by atoms with van der Waals surface area (Å²) < 4.78 is 4.76. The molecule has 2 N–H and O–H groups in total. The van der Waals surface area contributed by atoms with Crippen LogP contribution >= 0.6 is 11.8 Å². The molecular weight excluding hydrogens is 240 g/mol. The second kappa shape index (κ2) is 4.86. The highest BCUT2D eigenvalue weighted by atomic mass is 32.2. The fourth-order valence-electron chi connectivity index (χ4n) is 2.46. The van der Waals surface area contributed by atoms with Crippen LogP contribution in [0.2, 0.25) is 0 Å². The smallest absolute Gasteiger partial charge is 0.329 e. The number of esters is 1. The van der Waals surface area contributed by atoms with Crippen LogP contribution in [0.25, 0.3) is 0 Å². The van der Waals surface area contributed by atoms with Gasteiger partial charge in [-0.3, -0.25) is 4.79 Å². The summed E-state index contributed by atoms with van der Waals surface area (Å²) in [6.45, 7) is 2.11. The average Bonchev–Trinajstić information content (AvgIpc) is 2.73. The zero-order chi connectivity index (χ0) is 12.6. The number of nitrogens with zero attached hydrogens (tertiary/aromatic N) is 1. The van der Waals surface area contributed by atoms with E-state index in [1.54, 1.807) is 16.7 Å². The Bertz CT molecular complexity index is 337. The summed E-state index contributed by atoms with van der Waals surface area (Å²) in [5.41, 5.74) is 5.85. The predicted octanol–water partition coefficient (Wildman–Crippen LogP) is 0.187. The van der Waals surface area contributed by atoms with Gasteiger partial charge in [-0.15, -0.1) is 11.8 Å². The molecule has 2 aliphatic heterocycles. The number of methoxy groups -OCH3 is 1. The molecule has 4 atom stereocenters. The molecule has 2 heterocycles. The maximum atomic E-state index is 12.2. The van der Waals surface area contributed by atoms with Gasteiger partial charge in [0.15, 0.2) is 0 Å². The molecule has 0 aliphatic carbocycles. The molecule has 0 saturated carbocycles. The second-order valence-corrected chi connectivity index (χ2v) is 5.82. The summed E-state index contributed by atoms with van der Waals surface area (Å²) in [6, 6.07) is -0.942. The summed E-state index contributed by atoms with van der Waals surface area (Å²) in [5, 5.41) is 0.0696. The van der Waals surface area contributed by atoms with E-state index in [0.717, 1.165) is 6.42 Å². The van der Waals surface area contributed by atoms with Crippen LogP contribution < -0.4 is 5.73 Å². The second-order valence-electron chi connectivity index (χ2n) is 4.67. The van der Waals surface area contributed by atoms with E-state index < -0.39 is 12.1 Å². The minimum absolute atomic E-state index is 0.0696. The number of thioether (sulfide) groups is 1. The average molecular weight is 258 g/mol. The van der Waals surface area contributed by atoms with Crippen LogP contribution in [0, 0.1) is 5.92 Å². The van der Waals surface area contributed by atoms with Crippen molar-refractivity contribution in [1.82, 2.24) is 4.90 Å². The Kier molecular flexibility index (Phi) is 3.63. The van der Waals surface area contributed by atoms with Crippen molar-refractivity contribution in [3.63, 3.8) is 0 Å². The van der Waals surface area contributed by atoms with Crippen LogP contribution in [-0.2, 0) is 14.3 Å². The Hall–Kier alpha value is -0.750. The molecule has 0 radical (unpaired) electrons. The minimum Gasteiger partial charge on any atom is -0.467 e. The molecule has 2 rings (SSSR count). The van der Waals surface area contributed by atoms with Crippen LogP contribution in [0.5, 0.6) is 0 Å². The van der Waals surface area contributed by atoms with E-state index >= 15 is 0 Å². The lowest BCUT2D eigenvalue weighted by Gasteiger charge is -2.29. The first-order chi connectivity index (χ1) is 8.06. The zero-order valence-corrected chi connectivity index (χ0v) is 10.9. The molecule has 0 spiro atoms. The highest BCUT2D eigenvalue weighted by Gasteiger charge is 2.47. The Balaban J connectivity index is 2.26. The van der Waals surface area contributed by atoms with Crippen molar-refractivity contribution in [2.75, 3.05) is 12.9 Å². The molecule has 0 aromatic carbocycles. The molecular formula is C11H18N2O3S. The van der Waals surface area contributed by atoms with Gasteiger partial charge in [-0.1, -0.05) is 6.92 Å². The van der Waals surface area contributed by atoms with E-state index in [-0.39, 0.29) is 17.3 Å². The third kappa shape index (κ3) is 2.15. The van der Waals surface area contributed by atoms with Gasteiger partial charge in [0.1, 0.15) is 6.04 Å². The van der Waals surface area contributed by atoms with E-state index in [0.29, 0.717) is 18.1 Å². The molecule has 0 aromatic rings. The first kappa shape index (κ1) is 12.7. The molecule has 3 unspecified atom stereocenters. The third-order valence-corrected chi connectivity index (χ3v) is 5.04. The predicted molar refractivity (Wildman–Crippen MR) is 65.3 cm³/mol. The summed E-state index contributed by atoms with van der Waals surface area (Å²) in [5.74, 6) is 0.529. The summed E-state index contributed by atoms with van der Waals surface area (Å²) in [4.78, 5) is 25.5. The molecule has 6 heteroatoms. The number of nitrogens with two attached hydrogens (primary N) is 1. The first-order valence-corrected chi connectivity index (χ1v) is 6.88. The van der Waals surface area contributed by atoms with Crippen molar-refractivity contribution in [3.05, 3.63) is 0 Å². The van der Waals surface area contributed by atoms with Crippen LogP contribution in [-0.4, -0.2) is 47.1 Å². The number of amides is 1. The highest BCUT2D eigenvalue weighted by Crippen LogP contribution is 2.38. The SMILES string of the molecule is COC(=O)C1CSC2[C@@H](C)CCC(N)C(=O)N12. The maximum Gasteiger partial charge on any atom is 0.329 e.